The molecule has 0 bridgehead atoms. The summed E-state index contributed by atoms with van der Waals surface area (Å²) in [6.07, 6.45) is 2.32. The number of anilines is 1. The number of urea groups is 1. The number of hydrogen-bond acceptors (Lipinski definition) is 3. The minimum atomic E-state index is -0.194. The van der Waals surface area contributed by atoms with E-state index in [1.165, 1.54) is 16.2 Å². The molecule has 16 heavy (non-hydrogen) atoms. The van der Waals surface area contributed by atoms with Gasteiger partial charge in [0, 0.05) is 14.1 Å². The molecular formula is C11H13N3OS. The largest absolute Gasteiger partial charge is 0.331 e. The van der Waals surface area contributed by atoms with Crippen molar-refractivity contribution in [3.05, 3.63) is 16.5 Å². The number of nitriles is 1. The molecule has 1 aliphatic carbocycles. The third kappa shape index (κ3) is 2.02. The first-order chi connectivity index (χ1) is 7.63. The van der Waals surface area contributed by atoms with Crippen LogP contribution in [0.2, 0.25) is 0 Å². The van der Waals surface area contributed by atoms with Gasteiger partial charge in [0.1, 0.15) is 11.1 Å². The number of amides is 2. The minimum Gasteiger partial charge on any atom is -0.331 e. The van der Waals surface area contributed by atoms with E-state index in [2.05, 4.69) is 11.4 Å². The third-order valence-corrected chi connectivity index (χ3v) is 3.49. The monoisotopic (exact) mass is 235 g/mol. The molecule has 2 amide bonds. The Morgan fingerprint density at radius 1 is 1.62 bits per heavy atom. The summed E-state index contributed by atoms with van der Waals surface area (Å²) in [5, 5.41) is 14.5. The van der Waals surface area contributed by atoms with Gasteiger partial charge in [-0.05, 0) is 29.7 Å². The van der Waals surface area contributed by atoms with Gasteiger partial charge < -0.3 is 4.90 Å². The quantitative estimate of drug-likeness (QED) is 0.856. The Hall–Kier alpha value is -1.54. The number of rotatable bonds is 2. The highest BCUT2D eigenvalue weighted by atomic mass is 32.1. The number of thiophene rings is 1. The molecule has 0 aliphatic heterocycles. The molecule has 1 N–H and O–H groups in total. The fraction of sp³-hybridized carbons (Fsp3) is 0.455. The minimum absolute atomic E-state index is 0.194. The SMILES string of the molecule is CN(C)C(=O)Nc1scc(C2CC2)c1C#N. The van der Waals surface area contributed by atoms with Crippen molar-refractivity contribution >= 4 is 22.4 Å². The van der Waals surface area contributed by atoms with E-state index in [1.807, 2.05) is 5.38 Å². The van der Waals surface area contributed by atoms with Crippen LogP contribution in [0.3, 0.4) is 0 Å². The first kappa shape index (κ1) is 11.0. The van der Waals surface area contributed by atoms with Gasteiger partial charge in [0.15, 0.2) is 0 Å². The van der Waals surface area contributed by atoms with Crippen LogP contribution in [0.4, 0.5) is 9.80 Å². The Morgan fingerprint density at radius 2 is 2.31 bits per heavy atom. The van der Waals surface area contributed by atoms with Crippen LogP contribution in [0.15, 0.2) is 5.38 Å². The van der Waals surface area contributed by atoms with Crippen molar-refractivity contribution in [3.8, 4) is 6.07 Å². The molecule has 0 radical (unpaired) electrons. The Kier molecular flexibility index (Phi) is 2.84. The summed E-state index contributed by atoms with van der Waals surface area (Å²) in [5.41, 5.74) is 1.74. The Bertz CT molecular complexity index is 454. The lowest BCUT2D eigenvalue weighted by Crippen LogP contribution is -2.27. The van der Waals surface area contributed by atoms with E-state index in [9.17, 15) is 4.79 Å². The molecule has 0 aromatic carbocycles. The van der Waals surface area contributed by atoms with Gasteiger partial charge in [-0.25, -0.2) is 4.79 Å². The van der Waals surface area contributed by atoms with Crippen molar-refractivity contribution in [3.63, 3.8) is 0 Å². The van der Waals surface area contributed by atoms with E-state index >= 15 is 0 Å². The van der Waals surface area contributed by atoms with Gasteiger partial charge >= 0.3 is 6.03 Å². The normalized spacial score (nSPS) is 14.3. The Balaban J connectivity index is 2.21. The van der Waals surface area contributed by atoms with Crippen LogP contribution in [0.25, 0.3) is 0 Å². The molecule has 0 atom stereocenters. The number of hydrogen-bond donors (Lipinski definition) is 1. The van der Waals surface area contributed by atoms with Gasteiger partial charge in [-0.1, -0.05) is 0 Å². The molecular weight excluding hydrogens is 222 g/mol. The maximum Gasteiger partial charge on any atom is 0.321 e. The van der Waals surface area contributed by atoms with Crippen molar-refractivity contribution in [1.29, 1.82) is 5.26 Å². The molecule has 84 valence electrons. The smallest absolute Gasteiger partial charge is 0.321 e. The van der Waals surface area contributed by atoms with Crippen LogP contribution in [0.1, 0.15) is 29.9 Å². The van der Waals surface area contributed by atoms with Gasteiger partial charge in [-0.15, -0.1) is 11.3 Å². The molecule has 0 unspecified atom stereocenters. The predicted octanol–water partition coefficient (Wildman–Crippen LogP) is 2.59. The predicted molar refractivity (Wildman–Crippen MR) is 63.7 cm³/mol. The fourth-order valence-electron chi connectivity index (χ4n) is 1.48. The second kappa shape index (κ2) is 4.14. The zero-order chi connectivity index (χ0) is 11.7. The zero-order valence-electron chi connectivity index (χ0n) is 9.28. The first-order valence-electron chi connectivity index (χ1n) is 5.13. The average molecular weight is 235 g/mol. The summed E-state index contributed by atoms with van der Waals surface area (Å²) >= 11 is 1.43. The van der Waals surface area contributed by atoms with Crippen LogP contribution in [-0.2, 0) is 0 Å². The zero-order valence-corrected chi connectivity index (χ0v) is 10.1. The van der Waals surface area contributed by atoms with E-state index in [4.69, 9.17) is 5.26 Å². The topological polar surface area (TPSA) is 56.1 Å². The van der Waals surface area contributed by atoms with Gasteiger partial charge in [0.25, 0.3) is 0 Å². The van der Waals surface area contributed by atoms with E-state index in [-0.39, 0.29) is 6.03 Å². The van der Waals surface area contributed by atoms with E-state index in [0.29, 0.717) is 16.5 Å². The molecule has 1 aromatic rings. The molecule has 0 spiro atoms. The molecule has 1 heterocycles. The van der Waals surface area contributed by atoms with Crippen LogP contribution in [-0.4, -0.2) is 25.0 Å². The highest BCUT2D eigenvalue weighted by Crippen LogP contribution is 2.45. The van der Waals surface area contributed by atoms with Crippen molar-refractivity contribution in [2.24, 2.45) is 0 Å². The molecule has 1 fully saturated rings. The number of carbonyl (C=O) groups is 1. The molecule has 1 aromatic heterocycles. The van der Waals surface area contributed by atoms with Crippen molar-refractivity contribution in [2.45, 2.75) is 18.8 Å². The van der Waals surface area contributed by atoms with Crippen LogP contribution in [0.5, 0.6) is 0 Å². The summed E-state index contributed by atoms with van der Waals surface area (Å²) < 4.78 is 0. The second-order valence-electron chi connectivity index (χ2n) is 4.11. The number of carbonyl (C=O) groups excluding carboxylic acids is 1. The molecule has 1 aliphatic rings. The molecule has 5 heteroatoms. The van der Waals surface area contributed by atoms with Crippen molar-refractivity contribution in [2.75, 3.05) is 19.4 Å². The summed E-state index contributed by atoms with van der Waals surface area (Å²) in [6, 6.07) is 1.99. The molecule has 4 nitrogen and oxygen atoms in total. The first-order valence-corrected chi connectivity index (χ1v) is 6.01. The van der Waals surface area contributed by atoms with Gasteiger partial charge in [-0.3, -0.25) is 5.32 Å². The van der Waals surface area contributed by atoms with Crippen LogP contribution in [0, 0.1) is 11.3 Å². The lowest BCUT2D eigenvalue weighted by Gasteiger charge is -2.10. The average Bonchev–Trinajstić information content (AvgIpc) is 3.01. The molecule has 1 saturated carbocycles. The summed E-state index contributed by atoms with van der Waals surface area (Å²) in [6.45, 7) is 0. The Labute approximate surface area is 98.5 Å². The van der Waals surface area contributed by atoms with E-state index in [0.717, 1.165) is 18.4 Å². The third-order valence-electron chi connectivity index (χ3n) is 2.58. The van der Waals surface area contributed by atoms with Crippen LogP contribution >= 0.6 is 11.3 Å². The second-order valence-corrected chi connectivity index (χ2v) is 4.99. The molecule has 0 saturated heterocycles. The van der Waals surface area contributed by atoms with Gasteiger partial charge in [0.2, 0.25) is 0 Å². The van der Waals surface area contributed by atoms with Crippen molar-refractivity contribution < 1.29 is 4.79 Å². The number of nitrogens with zero attached hydrogens (tertiary/aromatic N) is 2. The summed E-state index contributed by atoms with van der Waals surface area (Å²) in [7, 11) is 3.35. The Morgan fingerprint density at radius 3 is 2.81 bits per heavy atom. The number of nitrogens with one attached hydrogen (secondary N) is 1. The van der Waals surface area contributed by atoms with Crippen molar-refractivity contribution in [1.82, 2.24) is 4.90 Å². The van der Waals surface area contributed by atoms with E-state index < -0.39 is 0 Å². The lowest BCUT2D eigenvalue weighted by molar-refractivity contribution is 0.231. The fourth-order valence-corrected chi connectivity index (χ4v) is 2.46. The highest BCUT2D eigenvalue weighted by Gasteiger charge is 2.29. The summed E-state index contributed by atoms with van der Waals surface area (Å²) in [4.78, 5) is 12.9. The van der Waals surface area contributed by atoms with Gasteiger partial charge in [0.05, 0.1) is 5.56 Å². The summed E-state index contributed by atoms with van der Waals surface area (Å²) in [5.74, 6) is 0.538. The maximum absolute atomic E-state index is 11.5. The lowest BCUT2D eigenvalue weighted by atomic mass is 10.1. The highest BCUT2D eigenvalue weighted by molar-refractivity contribution is 7.14. The standard InChI is InChI=1S/C11H13N3OS/c1-14(2)11(15)13-10-8(5-12)9(6-16-10)7-3-4-7/h6-7H,3-4H2,1-2H3,(H,13,15). The maximum atomic E-state index is 11.5. The van der Waals surface area contributed by atoms with E-state index in [1.54, 1.807) is 14.1 Å². The van der Waals surface area contributed by atoms with Crippen LogP contribution < -0.4 is 5.32 Å². The van der Waals surface area contributed by atoms with Gasteiger partial charge in [-0.2, -0.15) is 5.26 Å². The molecule has 2 rings (SSSR count).